The Kier molecular flexibility index (Phi) is 26.8. The molecule has 4 heterocycles. The SMILES string of the molecule is COC(=O)C1C2C[C@@H](OC3O[C@H](C)[C@@H](O)[C@H](NC[C@@]4(O)OC[C@@H](O)[C@H](O)[C@@H]4O)[C@@H]3O)C=CC=CC=CC=CC=CC=CC=C[C@H](C)[C@@H](O)C(C)[C@H](C)OC(=O)C[C@H](O)C[C@H](O)CC[C@@H](O)[C@H](O)C[C@H](O)C[C@](O)(C[C@@H]1O)O2. The maximum atomic E-state index is 13.3. The molecule has 2 bridgehead atoms. The number of carbonyl (C=O) groups is 2. The van der Waals surface area contributed by atoms with Crippen molar-refractivity contribution < 1.29 is 110 Å². The van der Waals surface area contributed by atoms with Gasteiger partial charge in [0, 0.05) is 37.5 Å². The zero-order valence-corrected chi connectivity index (χ0v) is 44.3. The summed E-state index contributed by atoms with van der Waals surface area (Å²) >= 11 is 0. The highest BCUT2D eigenvalue weighted by molar-refractivity contribution is 5.74. The summed E-state index contributed by atoms with van der Waals surface area (Å²) in [5.41, 5.74) is 0. The molecule has 0 aromatic rings. The van der Waals surface area contributed by atoms with Gasteiger partial charge in [0.1, 0.15) is 36.4 Å². The molecule has 23 atom stereocenters. The second-order valence-corrected chi connectivity index (χ2v) is 20.7. The van der Waals surface area contributed by atoms with E-state index in [1.165, 1.54) is 13.0 Å². The van der Waals surface area contributed by atoms with Gasteiger partial charge in [0.15, 0.2) is 12.1 Å². The number of aliphatic hydroxyl groups excluding tert-OH is 12. The van der Waals surface area contributed by atoms with Crippen molar-refractivity contribution in [3.63, 3.8) is 0 Å². The van der Waals surface area contributed by atoms with Gasteiger partial charge in [-0.05, 0) is 33.1 Å². The van der Waals surface area contributed by atoms with Gasteiger partial charge in [-0.3, -0.25) is 9.59 Å². The van der Waals surface area contributed by atoms with Crippen LogP contribution in [-0.4, -0.2) is 225 Å². The molecular formula is C54H85NO22. The van der Waals surface area contributed by atoms with Crippen LogP contribution in [0.1, 0.15) is 79.1 Å². The van der Waals surface area contributed by atoms with Gasteiger partial charge in [0.25, 0.3) is 0 Å². The van der Waals surface area contributed by atoms with Crippen LogP contribution >= 0.6 is 0 Å². The van der Waals surface area contributed by atoms with Crippen LogP contribution in [-0.2, 0) is 38.0 Å². The first-order valence-corrected chi connectivity index (χ1v) is 26.2. The van der Waals surface area contributed by atoms with Crippen LogP contribution in [0.3, 0.4) is 0 Å². The Morgan fingerprint density at radius 2 is 1.25 bits per heavy atom. The smallest absolute Gasteiger partial charge is 0.313 e. The lowest BCUT2D eigenvalue weighted by atomic mass is 9.82. The van der Waals surface area contributed by atoms with Crippen molar-refractivity contribution >= 4 is 11.9 Å². The molecule has 0 saturated carbocycles. The van der Waals surface area contributed by atoms with Crippen molar-refractivity contribution in [2.75, 3.05) is 20.3 Å². The fourth-order valence-electron chi connectivity index (χ4n) is 9.61. The normalized spacial score (nSPS) is 43.4. The first-order chi connectivity index (χ1) is 36.3. The summed E-state index contributed by atoms with van der Waals surface area (Å²) in [4.78, 5) is 26.0. The summed E-state index contributed by atoms with van der Waals surface area (Å²) < 4.78 is 34.0. The van der Waals surface area contributed by atoms with Crippen LogP contribution in [0.15, 0.2) is 85.1 Å². The number of carbonyl (C=O) groups excluding carboxylic acids is 2. The highest BCUT2D eigenvalue weighted by atomic mass is 16.7. The monoisotopic (exact) mass is 1100 g/mol. The predicted octanol–water partition coefficient (Wildman–Crippen LogP) is -1.77. The Hall–Kier alpha value is -3.64. The van der Waals surface area contributed by atoms with Gasteiger partial charge in [-0.25, -0.2) is 0 Å². The van der Waals surface area contributed by atoms with E-state index in [1.54, 1.807) is 86.8 Å². The van der Waals surface area contributed by atoms with Crippen molar-refractivity contribution in [3.05, 3.63) is 85.1 Å². The molecule has 4 rings (SSSR count). The molecule has 3 fully saturated rings. The van der Waals surface area contributed by atoms with Crippen LogP contribution in [0.5, 0.6) is 0 Å². The van der Waals surface area contributed by atoms with E-state index in [9.17, 15) is 81.1 Å². The maximum absolute atomic E-state index is 13.3. The minimum absolute atomic E-state index is 0.132. The first-order valence-electron chi connectivity index (χ1n) is 26.2. The topological polar surface area (TPSA) is 385 Å². The average molecular weight is 1100 g/mol. The van der Waals surface area contributed by atoms with Crippen molar-refractivity contribution in [2.24, 2.45) is 17.8 Å². The molecule has 0 radical (unpaired) electrons. The predicted molar refractivity (Wildman–Crippen MR) is 274 cm³/mol. The summed E-state index contributed by atoms with van der Waals surface area (Å²) in [5, 5.41) is 155. The number of nitrogens with one attached hydrogen (secondary N) is 1. The van der Waals surface area contributed by atoms with E-state index in [2.05, 4.69) is 5.32 Å². The number of fused-ring (bicyclic) bond motifs is 2. The Morgan fingerprint density at radius 1 is 0.649 bits per heavy atom. The molecule has 23 heteroatoms. The van der Waals surface area contributed by atoms with Crippen LogP contribution in [0, 0.1) is 17.8 Å². The summed E-state index contributed by atoms with van der Waals surface area (Å²) in [6, 6.07) is -1.34. The van der Waals surface area contributed by atoms with E-state index >= 15 is 0 Å². The molecule has 15 N–H and O–H groups in total. The Bertz CT molecular complexity index is 2020. The molecule has 4 aliphatic heterocycles. The molecule has 4 unspecified atom stereocenters. The summed E-state index contributed by atoms with van der Waals surface area (Å²) in [6.45, 7) is 5.44. The highest BCUT2D eigenvalue weighted by Crippen LogP contribution is 2.39. The lowest BCUT2D eigenvalue weighted by Crippen LogP contribution is -2.69. The van der Waals surface area contributed by atoms with E-state index in [0.717, 1.165) is 7.11 Å². The van der Waals surface area contributed by atoms with E-state index in [-0.39, 0.29) is 31.6 Å². The number of ether oxygens (including phenoxy) is 6. The second-order valence-electron chi connectivity index (χ2n) is 20.7. The Balaban J connectivity index is 1.61. The highest BCUT2D eigenvalue weighted by Gasteiger charge is 2.53. The molecule has 0 aliphatic carbocycles. The Labute approximate surface area is 449 Å². The number of hydrogen-bond acceptors (Lipinski definition) is 23. The van der Waals surface area contributed by atoms with Crippen LogP contribution in [0.25, 0.3) is 0 Å². The lowest BCUT2D eigenvalue weighted by Gasteiger charge is -2.46. The number of hydrogen-bond donors (Lipinski definition) is 15. The minimum atomic E-state index is -2.46. The third-order valence-electron chi connectivity index (χ3n) is 14.4. The quantitative estimate of drug-likeness (QED) is 0.131. The van der Waals surface area contributed by atoms with Gasteiger partial charge in [0.05, 0.1) is 99.9 Å². The van der Waals surface area contributed by atoms with E-state index in [1.807, 2.05) is 13.0 Å². The molecule has 23 nitrogen and oxygen atoms in total. The first kappa shape index (κ1) is 65.9. The molecular weight excluding hydrogens is 1010 g/mol. The van der Waals surface area contributed by atoms with E-state index < -0.39 is 184 Å². The standard InChI is InChI=1S/C54H85NO22/c1-30-18-16-14-12-10-8-6-7-9-11-13-15-17-19-37(76-52-49(67)45(47(65)33(4)75-52)55-29-54(71)50(68)48(66)41(62)28-73-54)25-42-44(51(69)72-5)40(61)27-53(70,77-42)26-36(58)23-39(60)38(59)21-20-34(56)22-35(57)24-43(63)74-32(3)31(2)46(30)64/h6-19,30-42,44-50,52,55-62,64-68,70-71H,20-29H2,1-5H3/t30-,31?,32-,33+,34+,35+,36-,37-,38+,39+,40-,41+,42?,44?,45-,46+,47+,48-,49-,50-,52?,53+,54+/m0/s1. The van der Waals surface area contributed by atoms with Crippen molar-refractivity contribution in [1.29, 1.82) is 0 Å². The summed E-state index contributed by atoms with van der Waals surface area (Å²) in [7, 11) is 1.08. The van der Waals surface area contributed by atoms with Gasteiger partial charge in [-0.15, -0.1) is 0 Å². The molecule has 0 spiro atoms. The van der Waals surface area contributed by atoms with Crippen molar-refractivity contribution in [3.8, 4) is 0 Å². The van der Waals surface area contributed by atoms with Crippen LogP contribution < -0.4 is 5.32 Å². The van der Waals surface area contributed by atoms with Crippen molar-refractivity contribution in [1.82, 2.24) is 5.32 Å². The van der Waals surface area contributed by atoms with Gasteiger partial charge in [-0.1, -0.05) is 98.9 Å². The van der Waals surface area contributed by atoms with Crippen molar-refractivity contribution in [2.45, 2.75) is 201 Å². The molecule has 0 aromatic carbocycles. The zero-order valence-electron chi connectivity index (χ0n) is 44.3. The number of methoxy groups -OCH3 is 1. The fourth-order valence-corrected chi connectivity index (χ4v) is 9.61. The molecule has 438 valence electrons. The molecule has 0 aromatic heterocycles. The van der Waals surface area contributed by atoms with E-state index in [0.29, 0.717) is 0 Å². The molecule has 3 saturated heterocycles. The zero-order chi connectivity index (χ0) is 57.2. The summed E-state index contributed by atoms with van der Waals surface area (Å²) in [5.74, 6) is -8.74. The molecule has 0 amide bonds. The van der Waals surface area contributed by atoms with Crippen LogP contribution in [0.2, 0.25) is 0 Å². The number of allylic oxidation sites excluding steroid dienone is 12. The maximum Gasteiger partial charge on any atom is 0.313 e. The minimum Gasteiger partial charge on any atom is -0.469 e. The molecule has 4 aliphatic rings. The van der Waals surface area contributed by atoms with Gasteiger partial charge in [0.2, 0.25) is 5.79 Å². The third-order valence-corrected chi connectivity index (χ3v) is 14.4. The van der Waals surface area contributed by atoms with E-state index in [4.69, 9.17) is 28.4 Å². The number of aliphatic hydroxyl groups is 14. The summed E-state index contributed by atoms with van der Waals surface area (Å²) in [6.07, 6.45) is -3.40. The lowest BCUT2D eigenvalue weighted by molar-refractivity contribution is -0.323. The number of rotatable bonds is 6. The average Bonchev–Trinajstić information content (AvgIpc) is 3.36. The second kappa shape index (κ2) is 31.4. The molecule has 77 heavy (non-hydrogen) atoms. The number of cyclic esters (lactones) is 1. The largest absolute Gasteiger partial charge is 0.469 e. The van der Waals surface area contributed by atoms with Crippen LogP contribution in [0.4, 0.5) is 0 Å². The third kappa shape index (κ3) is 20.1. The fraction of sp³-hybridized carbons (Fsp3) is 0.704. The van der Waals surface area contributed by atoms with Gasteiger partial charge < -0.3 is 105 Å². The number of esters is 2. The Morgan fingerprint density at radius 3 is 1.86 bits per heavy atom. The van der Waals surface area contributed by atoms with Gasteiger partial charge in [-0.2, -0.15) is 0 Å². The van der Waals surface area contributed by atoms with Gasteiger partial charge >= 0.3 is 11.9 Å².